The molecular weight excluding hydrogens is 357 g/mol. The van der Waals surface area contributed by atoms with Crippen molar-refractivity contribution in [3.63, 3.8) is 0 Å². The lowest BCUT2D eigenvalue weighted by Gasteiger charge is -2.16. The van der Waals surface area contributed by atoms with Gasteiger partial charge in [-0.3, -0.25) is 4.79 Å². The number of carbonyl (C=O) groups is 1. The van der Waals surface area contributed by atoms with Crippen LogP contribution in [-0.4, -0.2) is 5.91 Å². The fourth-order valence-corrected chi connectivity index (χ4v) is 4.12. The van der Waals surface area contributed by atoms with E-state index in [0.717, 1.165) is 26.8 Å². The number of halogens is 1. The first kappa shape index (κ1) is 17.4. The van der Waals surface area contributed by atoms with E-state index in [0.29, 0.717) is 4.88 Å². The Labute approximate surface area is 161 Å². The maximum Gasteiger partial charge on any atom is 0.261 e. The van der Waals surface area contributed by atoms with Crippen LogP contribution in [0.15, 0.2) is 78.9 Å². The number of benzene rings is 3. The first-order valence-corrected chi connectivity index (χ1v) is 9.58. The van der Waals surface area contributed by atoms with Gasteiger partial charge in [-0.15, -0.1) is 11.3 Å². The quantitative estimate of drug-likeness (QED) is 0.452. The fourth-order valence-electron chi connectivity index (χ4n) is 3.20. The predicted octanol–water partition coefficient (Wildman–Crippen LogP) is 6.20. The Hall–Kier alpha value is -2.98. The van der Waals surface area contributed by atoms with E-state index in [-0.39, 0.29) is 17.8 Å². The first-order valence-electron chi connectivity index (χ1n) is 8.76. The van der Waals surface area contributed by atoms with Crippen LogP contribution in [0.25, 0.3) is 21.2 Å². The molecule has 0 aliphatic carbocycles. The number of amides is 1. The highest BCUT2D eigenvalue weighted by Crippen LogP contribution is 2.29. The summed E-state index contributed by atoms with van der Waals surface area (Å²) in [5.41, 5.74) is 2.00. The maximum atomic E-state index is 13.1. The first-order chi connectivity index (χ1) is 13.1. The van der Waals surface area contributed by atoms with Gasteiger partial charge in [0.25, 0.3) is 5.91 Å². The van der Waals surface area contributed by atoms with Gasteiger partial charge >= 0.3 is 0 Å². The number of rotatable bonds is 4. The van der Waals surface area contributed by atoms with E-state index in [2.05, 4.69) is 23.5 Å². The van der Waals surface area contributed by atoms with Crippen molar-refractivity contribution >= 4 is 28.0 Å². The van der Waals surface area contributed by atoms with Crippen LogP contribution in [0.1, 0.15) is 28.2 Å². The van der Waals surface area contributed by atoms with Crippen LogP contribution in [-0.2, 0) is 0 Å². The van der Waals surface area contributed by atoms with Gasteiger partial charge in [0.2, 0.25) is 0 Å². The Bertz CT molecular complexity index is 1100. The van der Waals surface area contributed by atoms with Crippen LogP contribution in [0.4, 0.5) is 4.39 Å². The normalized spacial score (nSPS) is 12.1. The Balaban J connectivity index is 1.54. The van der Waals surface area contributed by atoms with Gasteiger partial charge in [-0.25, -0.2) is 4.39 Å². The van der Waals surface area contributed by atoms with Gasteiger partial charge in [-0.05, 0) is 53.1 Å². The third-order valence-corrected chi connectivity index (χ3v) is 5.73. The van der Waals surface area contributed by atoms with Crippen LogP contribution >= 0.6 is 11.3 Å². The van der Waals surface area contributed by atoms with Crippen molar-refractivity contribution in [1.29, 1.82) is 0 Å². The van der Waals surface area contributed by atoms with Crippen molar-refractivity contribution in [2.45, 2.75) is 13.0 Å². The lowest BCUT2D eigenvalue weighted by molar-refractivity contribution is 0.0944. The van der Waals surface area contributed by atoms with Crippen LogP contribution in [0.3, 0.4) is 0 Å². The second kappa shape index (κ2) is 7.33. The fraction of sp³-hybridized carbons (Fsp3) is 0.0870. The molecule has 0 saturated heterocycles. The largest absolute Gasteiger partial charge is 0.345 e. The van der Waals surface area contributed by atoms with Crippen molar-refractivity contribution in [1.82, 2.24) is 5.32 Å². The molecule has 0 saturated carbocycles. The summed E-state index contributed by atoms with van der Waals surface area (Å²) in [4.78, 5) is 14.3. The number of thiophene rings is 1. The van der Waals surface area contributed by atoms with Crippen LogP contribution in [0.5, 0.6) is 0 Å². The van der Waals surface area contributed by atoms with Gasteiger partial charge in [0.05, 0.1) is 10.9 Å². The third kappa shape index (κ3) is 3.62. The number of carbonyl (C=O) groups excluding carboxylic acids is 1. The van der Waals surface area contributed by atoms with Crippen molar-refractivity contribution in [2.75, 3.05) is 0 Å². The molecule has 27 heavy (non-hydrogen) atoms. The van der Waals surface area contributed by atoms with Crippen LogP contribution in [0.2, 0.25) is 0 Å². The average molecular weight is 375 g/mol. The Morgan fingerprint density at radius 1 is 0.926 bits per heavy atom. The van der Waals surface area contributed by atoms with Gasteiger partial charge in [-0.1, -0.05) is 54.6 Å². The number of hydrogen-bond donors (Lipinski definition) is 1. The van der Waals surface area contributed by atoms with E-state index in [1.54, 1.807) is 12.1 Å². The van der Waals surface area contributed by atoms with Gasteiger partial charge in [0.15, 0.2) is 0 Å². The van der Waals surface area contributed by atoms with E-state index in [1.807, 2.05) is 43.3 Å². The predicted molar refractivity (Wildman–Crippen MR) is 110 cm³/mol. The highest BCUT2D eigenvalue weighted by Gasteiger charge is 2.15. The molecule has 3 aromatic carbocycles. The summed E-state index contributed by atoms with van der Waals surface area (Å²) in [6.45, 7) is 1.99. The molecule has 4 rings (SSSR count). The zero-order valence-corrected chi connectivity index (χ0v) is 15.6. The van der Waals surface area contributed by atoms with Crippen molar-refractivity contribution in [2.24, 2.45) is 0 Å². The summed E-state index contributed by atoms with van der Waals surface area (Å²) in [6, 6.07) is 24.2. The van der Waals surface area contributed by atoms with Crippen molar-refractivity contribution in [3.05, 3.63) is 95.1 Å². The molecule has 134 valence electrons. The summed E-state index contributed by atoms with van der Waals surface area (Å²) < 4.78 is 13.1. The molecule has 4 heteroatoms. The monoisotopic (exact) mass is 375 g/mol. The molecule has 0 unspecified atom stereocenters. The molecule has 1 aromatic heterocycles. The zero-order valence-electron chi connectivity index (χ0n) is 14.8. The average Bonchev–Trinajstić information content (AvgIpc) is 3.18. The summed E-state index contributed by atoms with van der Waals surface area (Å²) in [6.07, 6.45) is 0. The maximum absolute atomic E-state index is 13.1. The van der Waals surface area contributed by atoms with E-state index in [9.17, 15) is 9.18 Å². The molecule has 0 fully saturated rings. The summed E-state index contributed by atoms with van der Waals surface area (Å²) in [7, 11) is 0. The molecule has 1 amide bonds. The molecule has 0 bridgehead atoms. The van der Waals surface area contributed by atoms with Crippen molar-refractivity contribution < 1.29 is 9.18 Å². The van der Waals surface area contributed by atoms with Gasteiger partial charge < -0.3 is 5.32 Å². The Morgan fingerprint density at radius 3 is 2.48 bits per heavy atom. The molecule has 0 radical (unpaired) electrons. The summed E-state index contributed by atoms with van der Waals surface area (Å²) >= 11 is 1.41. The lowest BCUT2D eigenvalue weighted by Crippen LogP contribution is -2.26. The molecule has 1 atom stereocenters. The molecular formula is C23H18FNOS. The lowest BCUT2D eigenvalue weighted by atomic mass is 10.00. The number of nitrogens with one attached hydrogen (secondary N) is 1. The highest BCUT2D eigenvalue weighted by molar-refractivity contribution is 7.17. The minimum absolute atomic E-state index is 0.103. The molecule has 0 aliphatic rings. The Kier molecular flexibility index (Phi) is 4.73. The Morgan fingerprint density at radius 2 is 1.67 bits per heavy atom. The summed E-state index contributed by atoms with van der Waals surface area (Å²) in [5, 5.41) is 5.39. The molecule has 0 aliphatic heterocycles. The second-order valence-corrected chi connectivity index (χ2v) is 7.52. The van der Waals surface area contributed by atoms with E-state index in [4.69, 9.17) is 0 Å². The third-order valence-electron chi connectivity index (χ3n) is 4.60. The van der Waals surface area contributed by atoms with Gasteiger partial charge in [0, 0.05) is 4.88 Å². The number of fused-ring (bicyclic) bond motifs is 1. The molecule has 1 N–H and O–H groups in total. The smallest absolute Gasteiger partial charge is 0.261 e. The van der Waals surface area contributed by atoms with Crippen LogP contribution < -0.4 is 5.32 Å². The molecule has 2 nitrogen and oxygen atoms in total. The van der Waals surface area contributed by atoms with Crippen molar-refractivity contribution in [3.8, 4) is 10.4 Å². The molecule has 1 heterocycles. The van der Waals surface area contributed by atoms with Gasteiger partial charge in [0.1, 0.15) is 5.82 Å². The SMILES string of the molecule is C[C@H](NC(=O)c1ccc(-c2ccc(F)cc2)s1)c1cccc2ccccc12. The topological polar surface area (TPSA) is 29.1 Å². The van der Waals surface area contributed by atoms with E-state index >= 15 is 0 Å². The van der Waals surface area contributed by atoms with Gasteiger partial charge in [-0.2, -0.15) is 0 Å². The standard InChI is InChI=1S/C23H18FNOS/c1-15(19-8-4-6-16-5-2-3-7-20(16)19)25-23(26)22-14-13-21(27-22)17-9-11-18(24)12-10-17/h2-15H,1H3,(H,25,26)/t15-/m0/s1. The number of hydrogen-bond acceptors (Lipinski definition) is 2. The molecule has 4 aromatic rings. The molecule has 0 spiro atoms. The minimum Gasteiger partial charge on any atom is -0.345 e. The highest BCUT2D eigenvalue weighted by atomic mass is 32.1. The van der Waals surface area contributed by atoms with E-state index in [1.165, 1.54) is 23.5 Å². The zero-order chi connectivity index (χ0) is 18.8. The second-order valence-electron chi connectivity index (χ2n) is 6.43. The minimum atomic E-state index is -0.266. The van der Waals surface area contributed by atoms with E-state index < -0.39 is 0 Å². The summed E-state index contributed by atoms with van der Waals surface area (Å²) in [5.74, 6) is -0.369. The van der Waals surface area contributed by atoms with Crippen LogP contribution in [0, 0.1) is 5.82 Å².